The number of carbonyl (C=O) groups excluding carboxylic acids is 2. The number of carbonyl (C=O) groups is 2. The van der Waals surface area contributed by atoms with Crippen LogP contribution in [0.2, 0.25) is 0 Å². The van der Waals surface area contributed by atoms with Gasteiger partial charge < -0.3 is 15.8 Å². The number of hydrogen-bond acceptors (Lipinski definition) is 5. The predicted octanol–water partition coefficient (Wildman–Crippen LogP) is 0.568. The molecular formula is C18H21N3O5S. The second kappa shape index (κ2) is 9.26. The van der Waals surface area contributed by atoms with Gasteiger partial charge in [0, 0.05) is 19.2 Å². The minimum Gasteiger partial charge on any atom is -0.383 e. The van der Waals surface area contributed by atoms with Gasteiger partial charge in [0.25, 0.3) is 5.91 Å². The highest BCUT2D eigenvalue weighted by atomic mass is 32.2. The van der Waals surface area contributed by atoms with Crippen LogP contribution in [0.1, 0.15) is 22.0 Å². The summed E-state index contributed by atoms with van der Waals surface area (Å²) in [5, 5.41) is 2.55. The van der Waals surface area contributed by atoms with Crippen molar-refractivity contribution in [3.63, 3.8) is 0 Å². The molecule has 27 heavy (non-hydrogen) atoms. The molecule has 0 fully saturated rings. The van der Waals surface area contributed by atoms with Gasteiger partial charge in [0.15, 0.2) is 0 Å². The van der Waals surface area contributed by atoms with Crippen molar-refractivity contribution in [1.82, 2.24) is 10.0 Å². The third-order valence-corrected chi connectivity index (χ3v) is 5.19. The molecule has 2 aromatic carbocycles. The van der Waals surface area contributed by atoms with Crippen molar-refractivity contribution < 1.29 is 22.7 Å². The lowest BCUT2D eigenvalue weighted by atomic mass is 10.1. The standard InChI is InChI=1S/C18H21N3O5S/c1-26-12-11-20-27(24,25)15-9-7-14(8-10-15)18(23)21-16(17(19)22)13-5-3-2-4-6-13/h2-10,16,20H,11-12H2,1H3,(H2,19,22)(H,21,23). The molecule has 0 saturated heterocycles. The van der Waals surface area contributed by atoms with E-state index in [0.29, 0.717) is 5.56 Å². The molecule has 0 heterocycles. The van der Waals surface area contributed by atoms with Crippen LogP contribution in [-0.4, -0.2) is 40.5 Å². The van der Waals surface area contributed by atoms with Crippen molar-refractivity contribution >= 4 is 21.8 Å². The van der Waals surface area contributed by atoms with Crippen molar-refractivity contribution in [3.8, 4) is 0 Å². The van der Waals surface area contributed by atoms with E-state index in [0.717, 1.165) is 0 Å². The first-order valence-corrected chi connectivity index (χ1v) is 9.57. The number of amides is 2. The number of nitrogens with two attached hydrogens (primary N) is 1. The van der Waals surface area contributed by atoms with Crippen LogP contribution in [0.3, 0.4) is 0 Å². The summed E-state index contributed by atoms with van der Waals surface area (Å²) in [5.41, 5.74) is 6.14. The third-order valence-electron chi connectivity index (χ3n) is 3.72. The van der Waals surface area contributed by atoms with Gasteiger partial charge >= 0.3 is 0 Å². The fraction of sp³-hybridized carbons (Fsp3) is 0.222. The molecule has 1 atom stereocenters. The first kappa shape index (κ1) is 20.6. The van der Waals surface area contributed by atoms with Crippen LogP contribution >= 0.6 is 0 Å². The van der Waals surface area contributed by atoms with Gasteiger partial charge in [-0.05, 0) is 29.8 Å². The van der Waals surface area contributed by atoms with E-state index in [1.54, 1.807) is 30.3 Å². The highest BCUT2D eigenvalue weighted by molar-refractivity contribution is 7.89. The van der Waals surface area contributed by atoms with Crippen molar-refractivity contribution in [3.05, 3.63) is 65.7 Å². The summed E-state index contributed by atoms with van der Waals surface area (Å²) in [6.45, 7) is 0.381. The highest BCUT2D eigenvalue weighted by Crippen LogP contribution is 2.15. The summed E-state index contributed by atoms with van der Waals surface area (Å²) in [6.07, 6.45) is 0. The minimum absolute atomic E-state index is 0.0182. The number of ether oxygens (including phenoxy) is 1. The zero-order chi connectivity index (χ0) is 19.9. The van der Waals surface area contributed by atoms with E-state index < -0.39 is 27.9 Å². The molecular weight excluding hydrogens is 370 g/mol. The van der Waals surface area contributed by atoms with E-state index in [9.17, 15) is 18.0 Å². The van der Waals surface area contributed by atoms with Gasteiger partial charge in [0.1, 0.15) is 6.04 Å². The van der Waals surface area contributed by atoms with E-state index in [1.807, 2.05) is 0 Å². The monoisotopic (exact) mass is 391 g/mol. The van der Waals surface area contributed by atoms with Gasteiger partial charge in [-0.15, -0.1) is 0 Å². The van der Waals surface area contributed by atoms with Gasteiger partial charge in [-0.1, -0.05) is 30.3 Å². The fourth-order valence-corrected chi connectivity index (χ4v) is 3.34. The van der Waals surface area contributed by atoms with E-state index in [-0.39, 0.29) is 23.6 Å². The largest absolute Gasteiger partial charge is 0.383 e. The Bertz CT molecular complexity index is 883. The molecule has 0 aromatic heterocycles. The summed E-state index contributed by atoms with van der Waals surface area (Å²) in [4.78, 5) is 24.1. The Morgan fingerprint density at radius 1 is 1.07 bits per heavy atom. The molecule has 0 bridgehead atoms. The number of benzene rings is 2. The van der Waals surface area contributed by atoms with Crippen LogP contribution in [0.25, 0.3) is 0 Å². The van der Waals surface area contributed by atoms with Crippen LogP contribution in [0.15, 0.2) is 59.5 Å². The number of methoxy groups -OCH3 is 1. The van der Waals surface area contributed by atoms with Crippen molar-refractivity contribution in [2.24, 2.45) is 5.73 Å². The average Bonchev–Trinajstić information content (AvgIpc) is 2.66. The third kappa shape index (κ3) is 5.61. The molecule has 0 radical (unpaired) electrons. The topological polar surface area (TPSA) is 128 Å². The molecule has 1 unspecified atom stereocenters. The summed E-state index contributed by atoms with van der Waals surface area (Å²) < 4.78 is 31.4. The Labute approximate surface area is 157 Å². The van der Waals surface area contributed by atoms with Crippen molar-refractivity contribution in [2.45, 2.75) is 10.9 Å². The second-order valence-electron chi connectivity index (χ2n) is 5.63. The van der Waals surface area contributed by atoms with E-state index >= 15 is 0 Å². The summed E-state index contributed by atoms with van der Waals surface area (Å²) in [7, 11) is -2.22. The normalized spacial score (nSPS) is 12.3. The van der Waals surface area contributed by atoms with E-state index in [1.165, 1.54) is 31.4 Å². The number of hydrogen-bond donors (Lipinski definition) is 3. The van der Waals surface area contributed by atoms with Gasteiger partial charge in [0.05, 0.1) is 11.5 Å². The molecule has 0 saturated carbocycles. The Balaban J connectivity index is 2.12. The number of nitrogens with one attached hydrogen (secondary N) is 2. The lowest BCUT2D eigenvalue weighted by molar-refractivity contribution is -0.120. The maximum atomic E-state index is 12.4. The molecule has 144 valence electrons. The van der Waals surface area contributed by atoms with Crippen molar-refractivity contribution in [2.75, 3.05) is 20.3 Å². The number of rotatable bonds is 9. The Morgan fingerprint density at radius 2 is 1.70 bits per heavy atom. The summed E-state index contributed by atoms with van der Waals surface area (Å²) in [6, 6.07) is 13.0. The number of sulfonamides is 1. The van der Waals surface area contributed by atoms with Gasteiger partial charge in [0.2, 0.25) is 15.9 Å². The molecule has 2 aromatic rings. The predicted molar refractivity (Wildman–Crippen MR) is 99.4 cm³/mol. The summed E-state index contributed by atoms with van der Waals surface area (Å²) in [5.74, 6) is -1.24. The molecule has 2 rings (SSSR count). The molecule has 0 spiro atoms. The van der Waals surface area contributed by atoms with Gasteiger partial charge in [-0.2, -0.15) is 0 Å². The highest BCUT2D eigenvalue weighted by Gasteiger charge is 2.21. The Hall–Kier alpha value is -2.75. The lowest BCUT2D eigenvalue weighted by Crippen LogP contribution is -2.37. The first-order chi connectivity index (χ1) is 12.8. The van der Waals surface area contributed by atoms with Crippen molar-refractivity contribution in [1.29, 1.82) is 0 Å². The smallest absolute Gasteiger partial charge is 0.252 e. The molecule has 9 heteroatoms. The molecule has 2 amide bonds. The van der Waals surface area contributed by atoms with Crippen LogP contribution in [-0.2, 0) is 19.6 Å². The SMILES string of the molecule is COCCNS(=O)(=O)c1ccc(C(=O)NC(C(N)=O)c2ccccc2)cc1. The Kier molecular flexibility index (Phi) is 7.05. The maximum Gasteiger partial charge on any atom is 0.252 e. The second-order valence-corrected chi connectivity index (χ2v) is 7.40. The average molecular weight is 391 g/mol. The van der Waals surface area contributed by atoms with E-state index in [2.05, 4.69) is 10.0 Å². The van der Waals surface area contributed by atoms with Crippen LogP contribution in [0.5, 0.6) is 0 Å². The van der Waals surface area contributed by atoms with E-state index in [4.69, 9.17) is 10.5 Å². The van der Waals surface area contributed by atoms with Gasteiger partial charge in [-0.3, -0.25) is 9.59 Å². The van der Waals surface area contributed by atoms with Crippen LogP contribution < -0.4 is 15.8 Å². The molecule has 0 aliphatic carbocycles. The molecule has 8 nitrogen and oxygen atoms in total. The van der Waals surface area contributed by atoms with Crippen LogP contribution in [0, 0.1) is 0 Å². The molecule has 0 aliphatic heterocycles. The zero-order valence-electron chi connectivity index (χ0n) is 14.7. The first-order valence-electron chi connectivity index (χ1n) is 8.09. The Morgan fingerprint density at radius 3 is 2.26 bits per heavy atom. The quantitative estimate of drug-likeness (QED) is 0.539. The van der Waals surface area contributed by atoms with Gasteiger partial charge in [-0.25, -0.2) is 13.1 Å². The molecule has 0 aliphatic rings. The maximum absolute atomic E-state index is 12.4. The molecule has 4 N–H and O–H groups in total. The fourth-order valence-electron chi connectivity index (χ4n) is 2.33. The minimum atomic E-state index is -3.69. The number of primary amides is 1. The van der Waals surface area contributed by atoms with Crippen LogP contribution in [0.4, 0.5) is 0 Å². The summed E-state index contributed by atoms with van der Waals surface area (Å²) >= 11 is 0. The lowest BCUT2D eigenvalue weighted by Gasteiger charge is -2.16. The zero-order valence-corrected chi connectivity index (χ0v) is 15.5.